The van der Waals surface area contributed by atoms with Crippen LogP contribution in [0, 0.1) is 5.41 Å². The summed E-state index contributed by atoms with van der Waals surface area (Å²) in [7, 11) is 2.16. The SMILES string of the molecule is CCCNCC(C)(C)CN(C)Cc1ccccc1Cl. The first kappa shape index (κ1) is 16.5. The van der Waals surface area contributed by atoms with E-state index in [0.717, 1.165) is 31.2 Å². The Labute approximate surface area is 123 Å². The van der Waals surface area contributed by atoms with Crippen LogP contribution in [-0.2, 0) is 6.54 Å². The Hall–Kier alpha value is -0.570. The van der Waals surface area contributed by atoms with Crippen molar-refractivity contribution in [3.8, 4) is 0 Å². The molecule has 1 aromatic carbocycles. The summed E-state index contributed by atoms with van der Waals surface area (Å²) in [4.78, 5) is 2.34. The minimum Gasteiger partial charge on any atom is -0.316 e. The van der Waals surface area contributed by atoms with Crippen LogP contribution in [0.1, 0.15) is 32.8 Å². The van der Waals surface area contributed by atoms with E-state index in [1.54, 1.807) is 0 Å². The van der Waals surface area contributed by atoms with Crippen molar-refractivity contribution in [2.45, 2.75) is 33.7 Å². The zero-order valence-electron chi connectivity index (χ0n) is 12.7. The van der Waals surface area contributed by atoms with E-state index in [4.69, 9.17) is 11.6 Å². The van der Waals surface area contributed by atoms with Gasteiger partial charge < -0.3 is 10.2 Å². The lowest BCUT2D eigenvalue weighted by molar-refractivity contribution is 0.199. The third-order valence-electron chi connectivity index (χ3n) is 3.13. The largest absolute Gasteiger partial charge is 0.316 e. The van der Waals surface area contributed by atoms with E-state index < -0.39 is 0 Å². The molecule has 0 aliphatic heterocycles. The Morgan fingerprint density at radius 1 is 1.26 bits per heavy atom. The lowest BCUT2D eigenvalue weighted by atomic mass is 9.92. The molecule has 3 heteroatoms. The number of halogens is 1. The predicted octanol–water partition coefficient (Wildman–Crippen LogP) is 3.80. The molecule has 0 aliphatic rings. The van der Waals surface area contributed by atoms with Gasteiger partial charge in [-0.3, -0.25) is 0 Å². The summed E-state index contributed by atoms with van der Waals surface area (Å²) in [5.41, 5.74) is 1.47. The van der Waals surface area contributed by atoms with Gasteiger partial charge in [0.1, 0.15) is 0 Å². The summed E-state index contributed by atoms with van der Waals surface area (Å²) in [6.45, 7) is 10.9. The van der Waals surface area contributed by atoms with Crippen LogP contribution in [0.25, 0.3) is 0 Å². The van der Waals surface area contributed by atoms with Gasteiger partial charge in [-0.05, 0) is 37.1 Å². The van der Waals surface area contributed by atoms with Gasteiger partial charge in [0, 0.05) is 24.7 Å². The maximum Gasteiger partial charge on any atom is 0.0451 e. The molecule has 1 aromatic rings. The zero-order chi connectivity index (χ0) is 14.3. The molecular formula is C16H27ClN2. The second kappa shape index (κ2) is 7.88. The Kier molecular flexibility index (Phi) is 6.84. The first-order valence-electron chi connectivity index (χ1n) is 7.07. The molecule has 19 heavy (non-hydrogen) atoms. The quantitative estimate of drug-likeness (QED) is 0.730. The maximum absolute atomic E-state index is 6.20. The Bertz CT molecular complexity index is 377. The minimum absolute atomic E-state index is 0.269. The summed E-state index contributed by atoms with van der Waals surface area (Å²) < 4.78 is 0. The van der Waals surface area contributed by atoms with Crippen molar-refractivity contribution in [2.24, 2.45) is 5.41 Å². The van der Waals surface area contributed by atoms with E-state index >= 15 is 0 Å². The molecule has 0 amide bonds. The highest BCUT2D eigenvalue weighted by molar-refractivity contribution is 6.31. The highest BCUT2D eigenvalue weighted by Crippen LogP contribution is 2.20. The lowest BCUT2D eigenvalue weighted by Gasteiger charge is -2.31. The van der Waals surface area contributed by atoms with Crippen molar-refractivity contribution in [1.29, 1.82) is 0 Å². The van der Waals surface area contributed by atoms with Gasteiger partial charge in [0.2, 0.25) is 0 Å². The third kappa shape index (κ3) is 6.42. The number of hydrogen-bond acceptors (Lipinski definition) is 2. The number of benzene rings is 1. The lowest BCUT2D eigenvalue weighted by Crippen LogP contribution is -2.39. The van der Waals surface area contributed by atoms with Crippen LogP contribution in [0.15, 0.2) is 24.3 Å². The second-order valence-corrected chi connectivity index (χ2v) is 6.51. The molecule has 2 nitrogen and oxygen atoms in total. The molecular weight excluding hydrogens is 256 g/mol. The van der Waals surface area contributed by atoms with Crippen LogP contribution < -0.4 is 5.32 Å². The average molecular weight is 283 g/mol. The smallest absolute Gasteiger partial charge is 0.0451 e. The molecule has 0 saturated heterocycles. The molecule has 0 atom stereocenters. The van der Waals surface area contributed by atoms with E-state index in [0.29, 0.717) is 0 Å². The highest BCUT2D eigenvalue weighted by atomic mass is 35.5. The molecule has 0 bridgehead atoms. The Morgan fingerprint density at radius 3 is 2.58 bits per heavy atom. The molecule has 108 valence electrons. The van der Waals surface area contributed by atoms with Crippen LogP contribution in [0.4, 0.5) is 0 Å². The topological polar surface area (TPSA) is 15.3 Å². The van der Waals surface area contributed by atoms with E-state index in [1.807, 2.05) is 18.2 Å². The predicted molar refractivity (Wildman–Crippen MR) is 84.7 cm³/mol. The average Bonchev–Trinajstić information content (AvgIpc) is 2.31. The molecule has 1 rings (SSSR count). The first-order valence-corrected chi connectivity index (χ1v) is 7.45. The first-order chi connectivity index (χ1) is 8.94. The number of rotatable bonds is 8. The number of nitrogens with one attached hydrogen (secondary N) is 1. The van der Waals surface area contributed by atoms with Gasteiger partial charge in [-0.25, -0.2) is 0 Å². The van der Waals surface area contributed by atoms with Crippen molar-refractivity contribution in [3.05, 3.63) is 34.9 Å². The monoisotopic (exact) mass is 282 g/mol. The van der Waals surface area contributed by atoms with Crippen LogP contribution in [0.3, 0.4) is 0 Å². The fourth-order valence-electron chi connectivity index (χ4n) is 2.36. The van der Waals surface area contributed by atoms with Crippen LogP contribution >= 0.6 is 11.6 Å². The molecule has 1 N–H and O–H groups in total. The van der Waals surface area contributed by atoms with Crippen molar-refractivity contribution < 1.29 is 0 Å². The minimum atomic E-state index is 0.269. The van der Waals surface area contributed by atoms with Gasteiger partial charge in [-0.2, -0.15) is 0 Å². The van der Waals surface area contributed by atoms with Gasteiger partial charge in [-0.1, -0.05) is 50.6 Å². The van der Waals surface area contributed by atoms with Crippen LogP contribution in [0.2, 0.25) is 5.02 Å². The van der Waals surface area contributed by atoms with Crippen molar-refractivity contribution >= 4 is 11.6 Å². The molecule has 0 spiro atoms. The molecule has 0 saturated carbocycles. The van der Waals surface area contributed by atoms with Crippen molar-refractivity contribution in [3.63, 3.8) is 0 Å². The molecule has 0 radical (unpaired) electrons. The highest BCUT2D eigenvalue weighted by Gasteiger charge is 2.19. The summed E-state index contributed by atoms with van der Waals surface area (Å²) in [5, 5.41) is 4.36. The van der Waals surface area contributed by atoms with E-state index in [9.17, 15) is 0 Å². The molecule has 0 fully saturated rings. The van der Waals surface area contributed by atoms with Gasteiger partial charge in [0.05, 0.1) is 0 Å². The van der Waals surface area contributed by atoms with E-state index in [2.05, 4.69) is 44.1 Å². The summed E-state index contributed by atoms with van der Waals surface area (Å²) >= 11 is 6.20. The van der Waals surface area contributed by atoms with Gasteiger partial charge in [0.15, 0.2) is 0 Å². The fourth-order valence-corrected chi connectivity index (χ4v) is 2.56. The van der Waals surface area contributed by atoms with Crippen LogP contribution in [-0.4, -0.2) is 31.6 Å². The van der Waals surface area contributed by atoms with Gasteiger partial charge >= 0.3 is 0 Å². The molecule has 0 aliphatic carbocycles. The van der Waals surface area contributed by atoms with Gasteiger partial charge in [0.25, 0.3) is 0 Å². The zero-order valence-corrected chi connectivity index (χ0v) is 13.4. The molecule has 0 unspecified atom stereocenters. The molecule has 0 aromatic heterocycles. The normalized spacial score (nSPS) is 12.1. The second-order valence-electron chi connectivity index (χ2n) is 6.10. The van der Waals surface area contributed by atoms with Crippen molar-refractivity contribution in [1.82, 2.24) is 10.2 Å². The number of hydrogen-bond donors (Lipinski definition) is 1. The summed E-state index contributed by atoms with van der Waals surface area (Å²) in [5.74, 6) is 0. The molecule has 0 heterocycles. The van der Waals surface area contributed by atoms with Gasteiger partial charge in [-0.15, -0.1) is 0 Å². The maximum atomic E-state index is 6.20. The summed E-state index contributed by atoms with van der Waals surface area (Å²) in [6, 6.07) is 8.08. The fraction of sp³-hybridized carbons (Fsp3) is 0.625. The Balaban J connectivity index is 2.46. The Morgan fingerprint density at radius 2 is 1.95 bits per heavy atom. The van der Waals surface area contributed by atoms with Crippen LogP contribution in [0.5, 0.6) is 0 Å². The van der Waals surface area contributed by atoms with E-state index in [1.165, 1.54) is 12.0 Å². The summed E-state index contributed by atoms with van der Waals surface area (Å²) in [6.07, 6.45) is 1.19. The number of nitrogens with zero attached hydrogens (tertiary/aromatic N) is 1. The third-order valence-corrected chi connectivity index (χ3v) is 3.50. The van der Waals surface area contributed by atoms with Crippen molar-refractivity contribution in [2.75, 3.05) is 26.7 Å². The van der Waals surface area contributed by atoms with E-state index in [-0.39, 0.29) is 5.41 Å². The standard InChI is InChI=1S/C16H27ClN2/c1-5-10-18-12-16(2,3)13-19(4)11-14-8-6-7-9-15(14)17/h6-9,18H,5,10-13H2,1-4H3.